The zero-order valence-electron chi connectivity index (χ0n) is 9.79. The molecule has 0 saturated carbocycles. The maximum Gasteiger partial charge on any atom is 0.157 e. The molecule has 3 rings (SSSR count). The van der Waals surface area contributed by atoms with Gasteiger partial charge in [0.2, 0.25) is 0 Å². The van der Waals surface area contributed by atoms with Crippen molar-refractivity contribution in [2.75, 3.05) is 0 Å². The fourth-order valence-electron chi connectivity index (χ4n) is 1.94. The van der Waals surface area contributed by atoms with Crippen LogP contribution in [0, 0.1) is 0 Å². The summed E-state index contributed by atoms with van der Waals surface area (Å²) in [5.74, 6) is 0. The summed E-state index contributed by atoms with van der Waals surface area (Å²) in [7, 11) is -1.30. The summed E-state index contributed by atoms with van der Waals surface area (Å²) in [5, 5.41) is 1.56. The summed E-state index contributed by atoms with van der Waals surface area (Å²) < 4.78 is 14.3. The van der Waals surface area contributed by atoms with Gasteiger partial charge in [-0.15, -0.1) is 12.6 Å². The van der Waals surface area contributed by atoms with Crippen molar-refractivity contribution >= 4 is 46.1 Å². The number of halogens is 1. The molecule has 2 aromatic carbocycles. The monoisotopic (exact) mass is 307 g/mol. The molecule has 1 aromatic heterocycles. The summed E-state index contributed by atoms with van der Waals surface area (Å²) >= 11 is 10.4. The highest BCUT2D eigenvalue weighted by atomic mass is 35.5. The number of fused-ring (bicyclic) bond motifs is 1. The summed E-state index contributed by atoms with van der Waals surface area (Å²) in [6.45, 7) is 0. The van der Waals surface area contributed by atoms with Crippen LogP contribution in [-0.2, 0) is 11.0 Å². The standard InChI is InChI=1S/C14H10ClNOS2/c15-10-6-7-12-13(8-10)16(9-14(12)18)19(17)11-4-2-1-3-5-11/h1-9,18H. The topological polar surface area (TPSA) is 22.0 Å². The van der Waals surface area contributed by atoms with E-state index < -0.39 is 11.0 Å². The Morgan fingerprint density at radius 3 is 2.58 bits per heavy atom. The summed E-state index contributed by atoms with van der Waals surface area (Å²) in [6, 6.07) is 14.8. The van der Waals surface area contributed by atoms with Crippen LogP contribution in [0.15, 0.2) is 64.5 Å². The van der Waals surface area contributed by atoms with Gasteiger partial charge in [0.1, 0.15) is 0 Å². The van der Waals surface area contributed by atoms with E-state index in [0.29, 0.717) is 5.02 Å². The van der Waals surface area contributed by atoms with Gasteiger partial charge in [0.25, 0.3) is 0 Å². The van der Waals surface area contributed by atoms with Gasteiger partial charge >= 0.3 is 0 Å². The van der Waals surface area contributed by atoms with E-state index in [0.717, 1.165) is 20.7 Å². The lowest BCUT2D eigenvalue weighted by Crippen LogP contribution is -2.02. The lowest BCUT2D eigenvalue weighted by Gasteiger charge is -2.05. The average Bonchev–Trinajstić information content (AvgIpc) is 2.75. The Morgan fingerprint density at radius 1 is 1.11 bits per heavy atom. The van der Waals surface area contributed by atoms with Crippen molar-refractivity contribution in [3.63, 3.8) is 0 Å². The van der Waals surface area contributed by atoms with E-state index in [2.05, 4.69) is 12.6 Å². The summed E-state index contributed by atoms with van der Waals surface area (Å²) in [4.78, 5) is 1.53. The highest BCUT2D eigenvalue weighted by molar-refractivity contribution is 7.84. The fourth-order valence-corrected chi connectivity index (χ4v) is 3.64. The quantitative estimate of drug-likeness (QED) is 0.706. The van der Waals surface area contributed by atoms with Gasteiger partial charge in [-0.1, -0.05) is 35.9 Å². The predicted molar refractivity (Wildman–Crippen MR) is 82.4 cm³/mol. The summed E-state index contributed by atoms with van der Waals surface area (Å²) in [6.07, 6.45) is 1.77. The summed E-state index contributed by atoms with van der Waals surface area (Å²) in [5.41, 5.74) is 0.819. The molecule has 0 aliphatic heterocycles. The molecule has 19 heavy (non-hydrogen) atoms. The van der Waals surface area contributed by atoms with Crippen LogP contribution >= 0.6 is 24.2 Å². The molecule has 1 heterocycles. The molecule has 0 aliphatic carbocycles. The lowest BCUT2D eigenvalue weighted by atomic mass is 10.2. The Morgan fingerprint density at radius 2 is 1.84 bits per heavy atom. The molecule has 0 radical (unpaired) electrons. The van der Waals surface area contributed by atoms with E-state index in [1.165, 1.54) is 0 Å². The normalized spacial score (nSPS) is 12.7. The highest BCUT2D eigenvalue weighted by Gasteiger charge is 2.12. The fraction of sp³-hybridized carbons (Fsp3) is 0. The van der Waals surface area contributed by atoms with E-state index in [9.17, 15) is 4.21 Å². The maximum atomic E-state index is 12.6. The molecule has 0 saturated heterocycles. The van der Waals surface area contributed by atoms with Crippen LogP contribution in [0.1, 0.15) is 0 Å². The van der Waals surface area contributed by atoms with Crippen LogP contribution in [0.3, 0.4) is 0 Å². The number of benzene rings is 2. The number of hydrogen-bond donors (Lipinski definition) is 1. The number of thiol groups is 1. The third-order valence-corrected chi connectivity index (χ3v) is 4.76. The zero-order valence-corrected chi connectivity index (χ0v) is 12.3. The molecule has 3 aromatic rings. The zero-order chi connectivity index (χ0) is 13.4. The number of nitrogens with zero attached hydrogens (tertiary/aromatic N) is 1. The van der Waals surface area contributed by atoms with Gasteiger partial charge in [-0.25, -0.2) is 4.21 Å². The predicted octanol–water partition coefficient (Wildman–Crippen LogP) is 4.15. The minimum atomic E-state index is -1.30. The van der Waals surface area contributed by atoms with Crippen molar-refractivity contribution in [3.8, 4) is 0 Å². The van der Waals surface area contributed by atoms with Crippen molar-refractivity contribution in [1.29, 1.82) is 0 Å². The van der Waals surface area contributed by atoms with Crippen molar-refractivity contribution < 1.29 is 4.21 Å². The second-order valence-electron chi connectivity index (χ2n) is 4.06. The average molecular weight is 308 g/mol. The van der Waals surface area contributed by atoms with Crippen LogP contribution in [0.4, 0.5) is 0 Å². The Hall–Kier alpha value is -1.23. The van der Waals surface area contributed by atoms with Gasteiger partial charge in [-0.05, 0) is 24.3 Å². The van der Waals surface area contributed by atoms with Gasteiger partial charge < -0.3 is 0 Å². The first-order valence-corrected chi connectivity index (χ1v) is 7.57. The smallest absolute Gasteiger partial charge is 0.157 e. The molecule has 2 nitrogen and oxygen atoms in total. The number of hydrogen-bond acceptors (Lipinski definition) is 2. The first-order chi connectivity index (χ1) is 9.16. The van der Waals surface area contributed by atoms with E-state index in [1.54, 1.807) is 22.3 Å². The van der Waals surface area contributed by atoms with Crippen LogP contribution < -0.4 is 0 Å². The molecule has 5 heteroatoms. The van der Waals surface area contributed by atoms with Gasteiger partial charge in [0, 0.05) is 21.5 Å². The third kappa shape index (κ3) is 2.31. The van der Waals surface area contributed by atoms with Crippen LogP contribution in [-0.4, -0.2) is 8.18 Å². The SMILES string of the molecule is O=S(c1ccccc1)n1cc(S)c2ccc(Cl)cc21. The van der Waals surface area contributed by atoms with Gasteiger partial charge in [0.15, 0.2) is 11.0 Å². The minimum absolute atomic E-state index is 0.616. The van der Waals surface area contributed by atoms with E-state index in [4.69, 9.17) is 11.6 Å². The second kappa shape index (κ2) is 5.04. The highest BCUT2D eigenvalue weighted by Crippen LogP contribution is 2.28. The second-order valence-corrected chi connectivity index (χ2v) is 6.35. The minimum Gasteiger partial charge on any atom is -0.261 e. The van der Waals surface area contributed by atoms with Crippen molar-refractivity contribution in [2.24, 2.45) is 0 Å². The van der Waals surface area contributed by atoms with Crippen LogP contribution in [0.2, 0.25) is 5.02 Å². The first kappa shape index (κ1) is 12.8. The molecule has 0 spiro atoms. The van der Waals surface area contributed by atoms with Crippen molar-refractivity contribution in [1.82, 2.24) is 3.97 Å². The number of rotatable bonds is 2. The third-order valence-electron chi connectivity index (χ3n) is 2.84. The van der Waals surface area contributed by atoms with Gasteiger partial charge in [-0.2, -0.15) is 0 Å². The molecule has 0 amide bonds. The molecule has 0 aliphatic rings. The molecular formula is C14H10ClNOS2. The largest absolute Gasteiger partial charge is 0.261 e. The van der Waals surface area contributed by atoms with Crippen LogP contribution in [0.5, 0.6) is 0 Å². The Balaban J connectivity index is 2.21. The molecule has 0 bridgehead atoms. The molecule has 0 N–H and O–H groups in total. The molecular weight excluding hydrogens is 298 g/mol. The van der Waals surface area contributed by atoms with E-state index >= 15 is 0 Å². The molecule has 96 valence electrons. The molecule has 0 fully saturated rings. The van der Waals surface area contributed by atoms with Crippen LogP contribution in [0.25, 0.3) is 10.9 Å². The first-order valence-electron chi connectivity index (χ1n) is 5.64. The van der Waals surface area contributed by atoms with Crippen molar-refractivity contribution in [2.45, 2.75) is 9.79 Å². The van der Waals surface area contributed by atoms with E-state index in [-0.39, 0.29) is 0 Å². The number of aromatic nitrogens is 1. The Kier molecular flexibility index (Phi) is 3.39. The Labute approximate surface area is 124 Å². The van der Waals surface area contributed by atoms with Gasteiger partial charge in [0.05, 0.1) is 10.4 Å². The van der Waals surface area contributed by atoms with E-state index in [1.807, 2.05) is 36.4 Å². The lowest BCUT2D eigenvalue weighted by molar-refractivity contribution is 0.678. The Bertz CT molecular complexity index is 768. The molecule has 1 unspecified atom stereocenters. The van der Waals surface area contributed by atoms with Gasteiger partial charge in [-0.3, -0.25) is 3.97 Å². The molecule has 1 atom stereocenters. The maximum absolute atomic E-state index is 12.6. The van der Waals surface area contributed by atoms with Crippen molar-refractivity contribution in [3.05, 3.63) is 59.8 Å².